The maximum absolute atomic E-state index is 13.4. The van der Waals surface area contributed by atoms with Gasteiger partial charge in [-0.15, -0.1) is 11.3 Å². The Kier molecular flexibility index (Phi) is 5.11. The lowest BCUT2D eigenvalue weighted by molar-refractivity contribution is 0.0696. The quantitative estimate of drug-likeness (QED) is 0.438. The molecule has 28 heavy (non-hydrogen) atoms. The van der Waals surface area contributed by atoms with Crippen LogP contribution >= 0.6 is 22.9 Å². The third kappa shape index (κ3) is 4.05. The van der Waals surface area contributed by atoms with Crippen LogP contribution in [0.2, 0.25) is 5.02 Å². The summed E-state index contributed by atoms with van der Waals surface area (Å²) in [6.45, 7) is 0. The monoisotopic (exact) mass is 415 g/mol. The second-order valence-electron chi connectivity index (χ2n) is 6.38. The van der Waals surface area contributed by atoms with Gasteiger partial charge in [-0.2, -0.15) is 5.10 Å². The first kappa shape index (κ1) is 18.6. The number of hydrogen-bond donors (Lipinski definition) is 1. The molecule has 1 fully saturated rings. The fourth-order valence-corrected chi connectivity index (χ4v) is 3.77. The van der Waals surface area contributed by atoms with Crippen molar-refractivity contribution in [2.75, 3.05) is 5.01 Å². The molecule has 1 aliphatic carbocycles. The number of carboxylic acids is 1. The van der Waals surface area contributed by atoms with Gasteiger partial charge in [-0.05, 0) is 43.2 Å². The van der Waals surface area contributed by atoms with E-state index in [0.717, 1.165) is 30.2 Å². The van der Waals surface area contributed by atoms with Crippen molar-refractivity contribution in [2.45, 2.75) is 18.9 Å². The second kappa shape index (κ2) is 7.69. The van der Waals surface area contributed by atoms with E-state index in [0.29, 0.717) is 15.7 Å². The smallest absolute Gasteiger partial charge is 0.336 e. The van der Waals surface area contributed by atoms with Crippen LogP contribution in [0.3, 0.4) is 0 Å². The normalized spacial score (nSPS) is 13.8. The molecule has 0 unspecified atom stereocenters. The van der Waals surface area contributed by atoms with Crippen LogP contribution in [-0.4, -0.2) is 28.3 Å². The van der Waals surface area contributed by atoms with Crippen LogP contribution in [0.1, 0.15) is 28.8 Å². The first-order valence-corrected chi connectivity index (χ1v) is 9.84. The number of hydrogen-bond acceptors (Lipinski definition) is 5. The summed E-state index contributed by atoms with van der Waals surface area (Å²) in [5.41, 5.74) is 1.93. The van der Waals surface area contributed by atoms with Crippen molar-refractivity contribution in [1.82, 2.24) is 4.98 Å². The number of nitrogens with zero attached hydrogens (tertiary/aromatic N) is 3. The molecule has 0 saturated heterocycles. The molecule has 5 nitrogen and oxygen atoms in total. The lowest BCUT2D eigenvalue weighted by Gasteiger charge is -2.14. The molecule has 4 rings (SSSR count). The van der Waals surface area contributed by atoms with Crippen LogP contribution in [0.4, 0.5) is 9.52 Å². The van der Waals surface area contributed by atoms with E-state index in [1.54, 1.807) is 5.01 Å². The Morgan fingerprint density at radius 3 is 2.86 bits per heavy atom. The summed E-state index contributed by atoms with van der Waals surface area (Å²) < 4.78 is 13.4. The van der Waals surface area contributed by atoms with Crippen LogP contribution < -0.4 is 5.01 Å². The number of carboxylic acid groups (broad SMARTS) is 1. The summed E-state index contributed by atoms with van der Waals surface area (Å²) in [6.07, 6.45) is 3.42. The Morgan fingerprint density at radius 2 is 2.14 bits per heavy atom. The predicted molar refractivity (Wildman–Crippen MR) is 109 cm³/mol. The van der Waals surface area contributed by atoms with Crippen molar-refractivity contribution in [3.63, 3.8) is 0 Å². The molecule has 0 bridgehead atoms. The molecule has 0 spiro atoms. The zero-order valence-corrected chi connectivity index (χ0v) is 16.1. The minimum atomic E-state index is -1.20. The van der Waals surface area contributed by atoms with Crippen molar-refractivity contribution in [2.24, 2.45) is 5.10 Å². The fourth-order valence-electron chi connectivity index (χ4n) is 2.72. The van der Waals surface area contributed by atoms with Crippen molar-refractivity contribution >= 4 is 40.3 Å². The Bertz CT molecular complexity index is 1070. The van der Waals surface area contributed by atoms with Crippen molar-refractivity contribution in [3.8, 4) is 11.3 Å². The van der Waals surface area contributed by atoms with Gasteiger partial charge in [0.15, 0.2) is 0 Å². The molecule has 1 heterocycles. The van der Waals surface area contributed by atoms with Crippen molar-refractivity contribution < 1.29 is 14.3 Å². The number of carbonyl (C=O) groups is 1. The van der Waals surface area contributed by atoms with Gasteiger partial charge in [0.2, 0.25) is 5.13 Å². The minimum absolute atomic E-state index is 0.127. The second-order valence-corrected chi connectivity index (χ2v) is 7.66. The zero-order chi connectivity index (χ0) is 19.7. The number of benzene rings is 2. The van der Waals surface area contributed by atoms with Gasteiger partial charge in [0.25, 0.3) is 0 Å². The highest BCUT2D eigenvalue weighted by Gasteiger charge is 2.31. The Hall–Kier alpha value is -2.77. The number of rotatable bonds is 6. The highest BCUT2D eigenvalue weighted by molar-refractivity contribution is 7.14. The predicted octanol–water partition coefficient (Wildman–Crippen LogP) is 5.30. The van der Waals surface area contributed by atoms with E-state index < -0.39 is 11.8 Å². The molecular formula is C20H15ClFN3O2S. The van der Waals surface area contributed by atoms with E-state index in [4.69, 9.17) is 11.6 Å². The average molecular weight is 416 g/mol. The number of hydrazone groups is 1. The number of anilines is 1. The number of aromatic carboxylic acids is 1. The molecule has 1 aromatic heterocycles. The highest BCUT2D eigenvalue weighted by atomic mass is 35.5. The van der Waals surface area contributed by atoms with Gasteiger partial charge in [-0.1, -0.05) is 23.7 Å². The topological polar surface area (TPSA) is 65.8 Å². The molecule has 0 atom stereocenters. The van der Waals surface area contributed by atoms with Gasteiger partial charge in [0.1, 0.15) is 5.82 Å². The molecule has 0 amide bonds. The summed E-state index contributed by atoms with van der Waals surface area (Å²) >= 11 is 7.52. The van der Waals surface area contributed by atoms with Gasteiger partial charge < -0.3 is 5.11 Å². The van der Waals surface area contributed by atoms with E-state index in [9.17, 15) is 14.3 Å². The lowest BCUT2D eigenvalue weighted by atomic mass is 10.1. The standard InChI is InChI=1S/C20H15ClFN3O2S/c21-14-3-1-2-12(8-14)18-11-28-20(24-18)25(16-6-7-16)23-10-13-4-5-15(22)9-17(13)19(26)27/h1-5,8-11,16H,6-7H2,(H,26,27)/b23-10+. The van der Waals surface area contributed by atoms with Crippen LogP contribution in [0.5, 0.6) is 0 Å². The van der Waals surface area contributed by atoms with Gasteiger partial charge in [0.05, 0.1) is 23.5 Å². The van der Waals surface area contributed by atoms with Crippen LogP contribution in [0.15, 0.2) is 52.9 Å². The molecular weight excluding hydrogens is 401 g/mol. The van der Waals surface area contributed by atoms with Crippen molar-refractivity contribution in [1.29, 1.82) is 0 Å². The summed E-state index contributed by atoms with van der Waals surface area (Å²) in [5, 5.41) is 18.8. The third-order valence-electron chi connectivity index (χ3n) is 4.27. The van der Waals surface area contributed by atoms with E-state index in [1.807, 2.05) is 29.6 Å². The number of aromatic nitrogens is 1. The Morgan fingerprint density at radius 1 is 1.32 bits per heavy atom. The molecule has 0 radical (unpaired) electrons. The minimum Gasteiger partial charge on any atom is -0.478 e. The first-order valence-electron chi connectivity index (χ1n) is 8.59. The highest BCUT2D eigenvalue weighted by Crippen LogP contribution is 2.36. The van der Waals surface area contributed by atoms with E-state index in [2.05, 4.69) is 10.1 Å². The van der Waals surface area contributed by atoms with Gasteiger partial charge in [-0.3, -0.25) is 0 Å². The lowest BCUT2D eigenvalue weighted by Crippen LogP contribution is -2.19. The maximum atomic E-state index is 13.4. The van der Waals surface area contributed by atoms with Crippen LogP contribution in [0.25, 0.3) is 11.3 Å². The van der Waals surface area contributed by atoms with Gasteiger partial charge in [0, 0.05) is 21.5 Å². The summed E-state index contributed by atoms with van der Waals surface area (Å²) in [4.78, 5) is 16.0. The van der Waals surface area contributed by atoms with E-state index >= 15 is 0 Å². The summed E-state index contributed by atoms with van der Waals surface area (Å²) in [6, 6.07) is 11.3. The molecule has 1 aliphatic rings. The summed E-state index contributed by atoms with van der Waals surface area (Å²) in [5.74, 6) is -1.80. The Balaban J connectivity index is 1.63. The molecule has 142 valence electrons. The molecule has 0 aliphatic heterocycles. The summed E-state index contributed by atoms with van der Waals surface area (Å²) in [7, 11) is 0. The first-order chi connectivity index (χ1) is 13.5. The average Bonchev–Trinajstić information content (AvgIpc) is 3.39. The van der Waals surface area contributed by atoms with Crippen molar-refractivity contribution in [3.05, 3.63) is 69.8 Å². The molecule has 1 N–H and O–H groups in total. The zero-order valence-electron chi connectivity index (χ0n) is 14.5. The van der Waals surface area contributed by atoms with Gasteiger partial charge >= 0.3 is 5.97 Å². The Labute approximate surface area is 169 Å². The molecule has 3 aromatic rings. The van der Waals surface area contributed by atoms with Gasteiger partial charge in [-0.25, -0.2) is 19.2 Å². The maximum Gasteiger partial charge on any atom is 0.336 e. The molecule has 8 heteroatoms. The van der Waals surface area contributed by atoms with E-state index in [-0.39, 0.29) is 11.6 Å². The van der Waals surface area contributed by atoms with Crippen LogP contribution in [0, 0.1) is 5.82 Å². The van der Waals surface area contributed by atoms with Crippen LogP contribution in [-0.2, 0) is 0 Å². The molecule has 1 saturated carbocycles. The third-order valence-corrected chi connectivity index (χ3v) is 5.33. The number of thiazole rings is 1. The SMILES string of the molecule is O=C(O)c1cc(F)ccc1/C=N/N(c1nc(-c2cccc(Cl)c2)cs1)C1CC1. The largest absolute Gasteiger partial charge is 0.478 e. The van der Waals surface area contributed by atoms with E-state index in [1.165, 1.54) is 29.7 Å². The fraction of sp³-hybridized carbons (Fsp3) is 0.150. The molecule has 2 aromatic carbocycles. The number of halogens is 2.